The Kier molecular flexibility index (Phi) is 6.34. The zero-order chi connectivity index (χ0) is 21.0. The van der Waals surface area contributed by atoms with Crippen molar-refractivity contribution in [3.05, 3.63) is 54.1 Å². The topological polar surface area (TPSA) is 92.8 Å². The van der Waals surface area contributed by atoms with Gasteiger partial charge in [0.1, 0.15) is 5.75 Å². The number of anilines is 1. The number of ether oxygens (including phenoxy) is 1. The number of piperidine rings is 1. The lowest BCUT2D eigenvalue weighted by molar-refractivity contribution is -0.131. The maximum atomic E-state index is 12.8. The van der Waals surface area contributed by atoms with Crippen LogP contribution in [-0.4, -0.2) is 37.7 Å². The predicted molar refractivity (Wildman–Crippen MR) is 109 cm³/mol. The van der Waals surface area contributed by atoms with Crippen molar-refractivity contribution in [3.8, 4) is 5.75 Å². The fourth-order valence-corrected chi connectivity index (χ4v) is 4.92. The van der Waals surface area contributed by atoms with Crippen LogP contribution in [-0.2, 0) is 14.8 Å². The third-order valence-electron chi connectivity index (χ3n) is 4.76. The van der Waals surface area contributed by atoms with Gasteiger partial charge in [0.05, 0.1) is 10.5 Å². The molecule has 8 heteroatoms. The van der Waals surface area contributed by atoms with E-state index in [1.807, 2.05) is 6.92 Å². The highest BCUT2D eigenvalue weighted by molar-refractivity contribution is 7.89. The van der Waals surface area contributed by atoms with Crippen molar-refractivity contribution in [2.75, 3.05) is 18.4 Å². The summed E-state index contributed by atoms with van der Waals surface area (Å²) in [7, 11) is -3.55. The molecular weight excluding hydrogens is 392 g/mol. The molecule has 0 spiro atoms. The standard InChI is InChI=1S/C21H24N2O5S/c1-15-6-5-13-23(14-15)29(26,27)18-11-9-17(10-12-18)22-21(25)19-7-3-4-8-20(19)28-16(2)24/h3-4,7-12,15H,5-6,13-14H2,1-2H3,(H,22,25). The first-order valence-corrected chi connectivity index (χ1v) is 10.9. The fraction of sp³-hybridized carbons (Fsp3) is 0.333. The number of esters is 1. The Bertz CT molecular complexity index is 1000. The molecule has 0 saturated carbocycles. The Morgan fingerprint density at radius 1 is 1.10 bits per heavy atom. The Morgan fingerprint density at radius 2 is 1.79 bits per heavy atom. The van der Waals surface area contributed by atoms with Gasteiger partial charge in [-0.15, -0.1) is 0 Å². The summed E-state index contributed by atoms with van der Waals surface area (Å²) < 4.78 is 32.2. The average molecular weight is 416 g/mol. The minimum Gasteiger partial charge on any atom is -0.426 e. The van der Waals surface area contributed by atoms with E-state index in [1.165, 1.54) is 29.4 Å². The summed E-state index contributed by atoms with van der Waals surface area (Å²) in [4.78, 5) is 24.0. The van der Waals surface area contributed by atoms with Crippen LogP contribution in [0.4, 0.5) is 5.69 Å². The minimum atomic E-state index is -3.55. The van der Waals surface area contributed by atoms with Gasteiger partial charge in [-0.3, -0.25) is 9.59 Å². The molecule has 0 bridgehead atoms. The Labute approximate surface area is 170 Å². The first-order valence-electron chi connectivity index (χ1n) is 9.46. The maximum absolute atomic E-state index is 12.8. The van der Waals surface area contributed by atoms with Gasteiger partial charge in [-0.25, -0.2) is 8.42 Å². The van der Waals surface area contributed by atoms with Crippen LogP contribution < -0.4 is 10.1 Å². The molecule has 1 unspecified atom stereocenters. The summed E-state index contributed by atoms with van der Waals surface area (Å²) in [5, 5.41) is 2.70. The number of nitrogens with one attached hydrogen (secondary N) is 1. The Balaban J connectivity index is 1.74. The third kappa shape index (κ3) is 5.02. The molecule has 0 aliphatic carbocycles. The smallest absolute Gasteiger partial charge is 0.308 e. The number of hydrogen-bond donors (Lipinski definition) is 1. The van der Waals surface area contributed by atoms with Crippen LogP contribution in [0.25, 0.3) is 0 Å². The van der Waals surface area contributed by atoms with Crippen molar-refractivity contribution in [2.45, 2.75) is 31.6 Å². The van der Waals surface area contributed by atoms with Crippen LogP contribution >= 0.6 is 0 Å². The molecule has 1 aliphatic rings. The van der Waals surface area contributed by atoms with Gasteiger partial charge in [0.2, 0.25) is 10.0 Å². The number of carbonyl (C=O) groups is 2. The van der Waals surface area contributed by atoms with Gasteiger partial charge in [-0.1, -0.05) is 19.1 Å². The van der Waals surface area contributed by atoms with Crippen molar-refractivity contribution in [3.63, 3.8) is 0 Å². The SMILES string of the molecule is CC(=O)Oc1ccccc1C(=O)Nc1ccc(S(=O)(=O)N2CCCC(C)C2)cc1. The van der Waals surface area contributed by atoms with Crippen molar-refractivity contribution < 1.29 is 22.7 Å². The highest BCUT2D eigenvalue weighted by Crippen LogP contribution is 2.25. The lowest BCUT2D eigenvalue weighted by Crippen LogP contribution is -2.39. The number of sulfonamides is 1. The molecule has 154 valence electrons. The summed E-state index contributed by atoms with van der Waals surface area (Å²) in [5.41, 5.74) is 0.653. The van der Waals surface area contributed by atoms with Crippen LogP contribution in [0.1, 0.15) is 37.0 Å². The molecule has 1 heterocycles. The van der Waals surface area contributed by atoms with Crippen LogP contribution in [0.15, 0.2) is 53.4 Å². The summed E-state index contributed by atoms with van der Waals surface area (Å²) in [6.07, 6.45) is 1.89. The third-order valence-corrected chi connectivity index (χ3v) is 6.63. The molecular formula is C21H24N2O5S. The van der Waals surface area contributed by atoms with Crippen LogP contribution in [0.3, 0.4) is 0 Å². The molecule has 1 fully saturated rings. The van der Waals surface area contributed by atoms with Gasteiger partial charge in [0, 0.05) is 25.7 Å². The normalized spacial score (nSPS) is 17.5. The Morgan fingerprint density at radius 3 is 2.45 bits per heavy atom. The van der Waals surface area contributed by atoms with Gasteiger partial charge >= 0.3 is 5.97 Å². The summed E-state index contributed by atoms with van der Waals surface area (Å²) in [6, 6.07) is 12.5. The van der Waals surface area contributed by atoms with Crippen LogP contribution in [0, 0.1) is 5.92 Å². The number of para-hydroxylation sites is 1. The zero-order valence-corrected chi connectivity index (χ0v) is 17.2. The molecule has 0 radical (unpaired) electrons. The number of nitrogens with zero attached hydrogens (tertiary/aromatic N) is 1. The molecule has 7 nitrogen and oxygen atoms in total. The maximum Gasteiger partial charge on any atom is 0.308 e. The highest BCUT2D eigenvalue weighted by Gasteiger charge is 2.28. The van der Waals surface area contributed by atoms with E-state index in [2.05, 4.69) is 5.32 Å². The van der Waals surface area contributed by atoms with E-state index in [4.69, 9.17) is 4.74 Å². The van der Waals surface area contributed by atoms with Gasteiger partial charge in [0.15, 0.2) is 0 Å². The van der Waals surface area contributed by atoms with E-state index in [-0.39, 0.29) is 16.2 Å². The average Bonchev–Trinajstić information content (AvgIpc) is 2.68. The van der Waals surface area contributed by atoms with Gasteiger partial charge in [-0.2, -0.15) is 4.31 Å². The molecule has 3 rings (SSSR count). The van der Waals surface area contributed by atoms with Crippen molar-refractivity contribution >= 4 is 27.6 Å². The number of rotatable bonds is 5. The van der Waals surface area contributed by atoms with Crippen molar-refractivity contribution in [1.82, 2.24) is 4.31 Å². The number of carbonyl (C=O) groups excluding carboxylic acids is 2. The van der Waals surface area contributed by atoms with Crippen molar-refractivity contribution in [2.24, 2.45) is 5.92 Å². The second-order valence-corrected chi connectivity index (χ2v) is 9.12. The quantitative estimate of drug-likeness (QED) is 0.596. The monoisotopic (exact) mass is 416 g/mol. The summed E-state index contributed by atoms with van der Waals surface area (Å²) in [6.45, 7) is 4.36. The molecule has 2 aromatic rings. The van der Waals surface area contributed by atoms with Crippen LogP contribution in [0.2, 0.25) is 0 Å². The predicted octanol–water partition coefficient (Wildman–Crippen LogP) is 3.28. The molecule has 1 aliphatic heterocycles. The van der Waals surface area contributed by atoms with E-state index in [9.17, 15) is 18.0 Å². The van der Waals surface area contributed by atoms with E-state index in [0.29, 0.717) is 24.7 Å². The number of amides is 1. The molecule has 0 aromatic heterocycles. The molecule has 1 atom stereocenters. The lowest BCUT2D eigenvalue weighted by Gasteiger charge is -2.30. The first kappa shape index (κ1) is 21.0. The molecule has 1 N–H and O–H groups in total. The van der Waals surface area contributed by atoms with E-state index in [0.717, 1.165) is 12.8 Å². The van der Waals surface area contributed by atoms with E-state index >= 15 is 0 Å². The largest absolute Gasteiger partial charge is 0.426 e. The fourth-order valence-electron chi connectivity index (χ4n) is 3.32. The van der Waals surface area contributed by atoms with Crippen LogP contribution in [0.5, 0.6) is 5.75 Å². The van der Waals surface area contributed by atoms with Crippen molar-refractivity contribution in [1.29, 1.82) is 0 Å². The Hall–Kier alpha value is -2.71. The summed E-state index contributed by atoms with van der Waals surface area (Å²) in [5.74, 6) is -0.473. The van der Waals surface area contributed by atoms with E-state index < -0.39 is 21.9 Å². The molecule has 29 heavy (non-hydrogen) atoms. The molecule has 1 amide bonds. The van der Waals surface area contributed by atoms with E-state index in [1.54, 1.807) is 30.3 Å². The van der Waals surface area contributed by atoms with Gasteiger partial charge < -0.3 is 10.1 Å². The second kappa shape index (κ2) is 8.75. The number of benzene rings is 2. The molecule has 2 aromatic carbocycles. The highest BCUT2D eigenvalue weighted by atomic mass is 32.2. The first-order chi connectivity index (χ1) is 13.8. The minimum absolute atomic E-state index is 0.163. The lowest BCUT2D eigenvalue weighted by atomic mass is 10.0. The number of hydrogen-bond acceptors (Lipinski definition) is 5. The second-order valence-electron chi connectivity index (χ2n) is 7.18. The van der Waals surface area contributed by atoms with Gasteiger partial charge in [0.25, 0.3) is 5.91 Å². The zero-order valence-electron chi connectivity index (χ0n) is 16.4. The summed E-state index contributed by atoms with van der Waals surface area (Å²) >= 11 is 0. The molecule has 1 saturated heterocycles. The van der Waals surface area contributed by atoms with Gasteiger partial charge in [-0.05, 0) is 55.2 Å².